The first-order valence-electron chi connectivity index (χ1n) is 6.18. The van der Waals surface area contributed by atoms with Crippen molar-refractivity contribution in [3.63, 3.8) is 0 Å². The van der Waals surface area contributed by atoms with Crippen LogP contribution in [0.3, 0.4) is 0 Å². The summed E-state index contributed by atoms with van der Waals surface area (Å²) in [6.07, 6.45) is 1.69. The van der Waals surface area contributed by atoms with Gasteiger partial charge in [0.2, 0.25) is 0 Å². The fraction of sp³-hybridized carbons (Fsp3) is 0.538. The number of rotatable bonds is 6. The van der Waals surface area contributed by atoms with Crippen LogP contribution in [-0.4, -0.2) is 49.0 Å². The molecule has 0 aliphatic rings. The zero-order valence-electron chi connectivity index (χ0n) is 12.3. The molecule has 0 saturated heterocycles. The van der Waals surface area contributed by atoms with Gasteiger partial charge in [0.25, 0.3) is 5.91 Å². The summed E-state index contributed by atoms with van der Waals surface area (Å²) in [5, 5.41) is 6.22. The van der Waals surface area contributed by atoms with Gasteiger partial charge in [0, 0.05) is 32.4 Å². The van der Waals surface area contributed by atoms with Crippen molar-refractivity contribution in [2.75, 3.05) is 32.5 Å². The number of halogens is 2. The molecule has 0 bridgehead atoms. The number of nitrogens with one attached hydrogen (secondary N) is 2. The first-order chi connectivity index (χ1) is 8.56. The Balaban J connectivity index is 0. The van der Waals surface area contributed by atoms with Crippen LogP contribution in [0.25, 0.3) is 0 Å². The van der Waals surface area contributed by atoms with Crippen molar-refractivity contribution in [3.05, 3.63) is 23.9 Å². The predicted octanol–water partition coefficient (Wildman–Crippen LogP) is 2.04. The van der Waals surface area contributed by atoms with Gasteiger partial charge < -0.3 is 15.5 Å². The topological polar surface area (TPSA) is 57.3 Å². The summed E-state index contributed by atoms with van der Waals surface area (Å²) in [5.74, 6) is 0.635. The van der Waals surface area contributed by atoms with E-state index in [9.17, 15) is 4.79 Å². The van der Waals surface area contributed by atoms with Gasteiger partial charge in [0.1, 0.15) is 5.82 Å². The number of nitrogens with zero attached hydrogens (tertiary/aromatic N) is 2. The lowest BCUT2D eigenvalue weighted by atomic mass is 10.2. The zero-order chi connectivity index (χ0) is 13.5. The maximum absolute atomic E-state index is 12.3. The molecule has 1 rings (SSSR count). The molecular formula is C13H24Cl2N4O. The fourth-order valence-corrected chi connectivity index (χ4v) is 1.55. The molecule has 5 nitrogen and oxygen atoms in total. The highest BCUT2D eigenvalue weighted by Gasteiger charge is 2.16. The number of carbonyl (C=O) groups is 1. The monoisotopic (exact) mass is 322 g/mol. The third-order valence-electron chi connectivity index (χ3n) is 2.51. The van der Waals surface area contributed by atoms with Gasteiger partial charge in [-0.2, -0.15) is 0 Å². The molecule has 0 aliphatic heterocycles. The molecule has 0 saturated carbocycles. The molecule has 20 heavy (non-hydrogen) atoms. The molecule has 0 aliphatic carbocycles. The van der Waals surface area contributed by atoms with Crippen molar-refractivity contribution in [1.29, 1.82) is 0 Å². The van der Waals surface area contributed by atoms with Crippen molar-refractivity contribution in [2.24, 2.45) is 0 Å². The Labute approximate surface area is 133 Å². The minimum absolute atomic E-state index is 0. The Bertz CT molecular complexity index is 402. The molecule has 7 heteroatoms. The minimum atomic E-state index is -0.0125. The Hall–Kier alpha value is -1.04. The van der Waals surface area contributed by atoms with Crippen LogP contribution in [0, 0.1) is 0 Å². The van der Waals surface area contributed by atoms with E-state index in [1.165, 1.54) is 0 Å². The lowest BCUT2D eigenvalue weighted by molar-refractivity contribution is 0.0797. The number of anilines is 1. The van der Waals surface area contributed by atoms with Crippen molar-refractivity contribution in [2.45, 2.75) is 19.9 Å². The van der Waals surface area contributed by atoms with Gasteiger partial charge >= 0.3 is 0 Å². The molecular weight excluding hydrogens is 299 g/mol. The zero-order valence-corrected chi connectivity index (χ0v) is 14.0. The summed E-state index contributed by atoms with van der Waals surface area (Å²) in [6, 6.07) is 3.83. The Kier molecular flexibility index (Phi) is 11.4. The van der Waals surface area contributed by atoms with Gasteiger partial charge in [-0.3, -0.25) is 4.79 Å². The molecule has 0 unspecified atom stereocenters. The van der Waals surface area contributed by atoms with Crippen LogP contribution < -0.4 is 10.6 Å². The quantitative estimate of drug-likeness (QED) is 0.841. The number of likely N-dealkylation sites (N-methyl/N-ethyl adjacent to an activating group) is 2. The molecule has 0 fully saturated rings. The van der Waals surface area contributed by atoms with Crippen LogP contribution in [0.5, 0.6) is 0 Å². The summed E-state index contributed by atoms with van der Waals surface area (Å²) in [4.78, 5) is 18.2. The minimum Gasteiger partial charge on any atom is -0.367 e. The van der Waals surface area contributed by atoms with Crippen LogP contribution >= 0.6 is 24.8 Å². The fourth-order valence-electron chi connectivity index (χ4n) is 1.55. The Morgan fingerprint density at radius 2 is 2.05 bits per heavy atom. The molecule has 116 valence electrons. The van der Waals surface area contributed by atoms with Crippen LogP contribution in [0.1, 0.15) is 24.2 Å². The van der Waals surface area contributed by atoms with Crippen LogP contribution in [-0.2, 0) is 0 Å². The van der Waals surface area contributed by atoms with Gasteiger partial charge in [-0.1, -0.05) is 0 Å². The van der Waals surface area contributed by atoms with Crippen molar-refractivity contribution in [3.8, 4) is 0 Å². The lowest BCUT2D eigenvalue weighted by Crippen LogP contribution is -2.33. The number of pyridine rings is 1. The second-order valence-corrected chi connectivity index (χ2v) is 4.53. The highest BCUT2D eigenvalue weighted by molar-refractivity contribution is 5.98. The Morgan fingerprint density at radius 1 is 1.40 bits per heavy atom. The molecule has 1 aromatic rings. The summed E-state index contributed by atoms with van der Waals surface area (Å²) in [7, 11) is 3.67. The normalized spacial score (nSPS) is 9.45. The SMILES string of the molecule is CNCCN(C)C(=O)c1cccnc1NC(C)C.Cl.Cl. The summed E-state index contributed by atoms with van der Waals surface area (Å²) >= 11 is 0. The van der Waals surface area contributed by atoms with E-state index in [1.54, 1.807) is 30.3 Å². The van der Waals surface area contributed by atoms with Crippen LogP contribution in [0.2, 0.25) is 0 Å². The van der Waals surface area contributed by atoms with E-state index in [-0.39, 0.29) is 36.8 Å². The van der Waals surface area contributed by atoms with E-state index >= 15 is 0 Å². The van der Waals surface area contributed by atoms with Crippen molar-refractivity contribution in [1.82, 2.24) is 15.2 Å². The van der Waals surface area contributed by atoms with Crippen molar-refractivity contribution < 1.29 is 4.79 Å². The number of carbonyl (C=O) groups excluding carboxylic acids is 1. The number of amides is 1. The lowest BCUT2D eigenvalue weighted by Gasteiger charge is -2.19. The molecule has 0 aromatic carbocycles. The number of aromatic nitrogens is 1. The first kappa shape index (κ1) is 21.3. The third kappa shape index (κ3) is 6.41. The second kappa shape index (κ2) is 10.7. The summed E-state index contributed by atoms with van der Waals surface area (Å²) in [5.41, 5.74) is 0.616. The number of hydrogen-bond acceptors (Lipinski definition) is 4. The molecule has 0 radical (unpaired) electrons. The second-order valence-electron chi connectivity index (χ2n) is 4.53. The maximum Gasteiger partial charge on any atom is 0.257 e. The van der Waals surface area contributed by atoms with E-state index in [4.69, 9.17) is 0 Å². The smallest absolute Gasteiger partial charge is 0.257 e. The molecule has 1 heterocycles. The van der Waals surface area contributed by atoms with Crippen LogP contribution in [0.15, 0.2) is 18.3 Å². The maximum atomic E-state index is 12.3. The molecule has 1 amide bonds. The van der Waals surface area contributed by atoms with E-state index in [0.29, 0.717) is 17.9 Å². The first-order valence-corrected chi connectivity index (χ1v) is 6.18. The highest BCUT2D eigenvalue weighted by Crippen LogP contribution is 2.14. The molecule has 0 atom stereocenters. The van der Waals surface area contributed by atoms with Gasteiger partial charge in [-0.15, -0.1) is 24.8 Å². The van der Waals surface area contributed by atoms with E-state index in [2.05, 4.69) is 15.6 Å². The van der Waals surface area contributed by atoms with Crippen molar-refractivity contribution >= 4 is 36.5 Å². The molecule has 2 N–H and O–H groups in total. The van der Waals surface area contributed by atoms with Gasteiger partial charge in [-0.05, 0) is 33.0 Å². The molecule has 0 spiro atoms. The van der Waals surface area contributed by atoms with Gasteiger partial charge in [0.05, 0.1) is 5.56 Å². The largest absolute Gasteiger partial charge is 0.367 e. The number of hydrogen-bond donors (Lipinski definition) is 2. The van der Waals surface area contributed by atoms with E-state index in [1.807, 2.05) is 20.9 Å². The standard InChI is InChI=1S/C13H22N4O.2ClH/c1-10(2)16-12-11(6-5-7-15-12)13(18)17(4)9-8-14-3;;/h5-7,10,14H,8-9H2,1-4H3,(H,15,16);2*1H. The molecule has 1 aromatic heterocycles. The average Bonchev–Trinajstić information content (AvgIpc) is 2.35. The Morgan fingerprint density at radius 3 is 2.60 bits per heavy atom. The predicted molar refractivity (Wildman–Crippen MR) is 88.4 cm³/mol. The van der Waals surface area contributed by atoms with Gasteiger partial charge in [-0.25, -0.2) is 4.98 Å². The van der Waals surface area contributed by atoms with Gasteiger partial charge in [0.15, 0.2) is 0 Å². The third-order valence-corrected chi connectivity index (χ3v) is 2.51. The highest BCUT2D eigenvalue weighted by atomic mass is 35.5. The van der Waals surface area contributed by atoms with E-state index in [0.717, 1.165) is 6.54 Å². The summed E-state index contributed by atoms with van der Waals surface area (Å²) < 4.78 is 0. The average molecular weight is 323 g/mol. The van der Waals surface area contributed by atoms with Crippen LogP contribution in [0.4, 0.5) is 5.82 Å². The van der Waals surface area contributed by atoms with E-state index < -0.39 is 0 Å². The summed E-state index contributed by atoms with van der Waals surface area (Å²) in [6.45, 7) is 5.49.